The molecule has 0 aromatic heterocycles. The Hall–Kier alpha value is -1.97. The zero-order valence-electron chi connectivity index (χ0n) is 14.3. The van der Waals surface area contributed by atoms with Gasteiger partial charge in [-0.05, 0) is 30.9 Å². The number of methoxy groups -OCH3 is 3. The molecule has 1 aromatic rings. The van der Waals surface area contributed by atoms with E-state index in [2.05, 4.69) is 6.58 Å². The molecular weight excluding hydrogens is 292 g/mol. The maximum absolute atomic E-state index is 12.6. The van der Waals surface area contributed by atoms with Crippen molar-refractivity contribution in [1.82, 2.24) is 0 Å². The van der Waals surface area contributed by atoms with Gasteiger partial charge in [-0.2, -0.15) is 0 Å². The fourth-order valence-electron chi connectivity index (χ4n) is 3.39. The molecule has 0 N–H and O–H groups in total. The molecule has 1 saturated carbocycles. The van der Waals surface area contributed by atoms with Crippen molar-refractivity contribution >= 4 is 5.78 Å². The van der Waals surface area contributed by atoms with Crippen LogP contribution in [0.1, 0.15) is 49.1 Å². The molecule has 4 nitrogen and oxygen atoms in total. The highest BCUT2D eigenvalue weighted by Crippen LogP contribution is 2.46. The van der Waals surface area contributed by atoms with E-state index in [0.29, 0.717) is 35.9 Å². The summed E-state index contributed by atoms with van der Waals surface area (Å²) in [6, 6.07) is 1.94. The lowest BCUT2D eigenvalue weighted by Crippen LogP contribution is -2.14. The molecule has 1 aliphatic carbocycles. The molecule has 2 rings (SSSR count). The van der Waals surface area contributed by atoms with E-state index in [1.807, 2.05) is 12.1 Å². The Labute approximate surface area is 138 Å². The number of Topliss-reactive ketones (excluding diaryl/α,β-unsaturated/α-hetero) is 1. The van der Waals surface area contributed by atoms with Gasteiger partial charge in [-0.1, -0.05) is 18.9 Å². The van der Waals surface area contributed by atoms with Crippen LogP contribution in [-0.2, 0) is 11.2 Å². The van der Waals surface area contributed by atoms with Gasteiger partial charge in [0.1, 0.15) is 5.78 Å². The number of ketones is 1. The van der Waals surface area contributed by atoms with Gasteiger partial charge in [0.15, 0.2) is 11.5 Å². The third-order valence-electron chi connectivity index (χ3n) is 4.50. The van der Waals surface area contributed by atoms with Crippen molar-refractivity contribution in [3.05, 3.63) is 29.8 Å². The molecule has 0 saturated heterocycles. The predicted molar refractivity (Wildman–Crippen MR) is 90.8 cm³/mol. The van der Waals surface area contributed by atoms with Crippen LogP contribution in [0, 0.1) is 0 Å². The molecule has 1 aromatic carbocycles. The van der Waals surface area contributed by atoms with Gasteiger partial charge in [-0.25, -0.2) is 0 Å². The molecule has 0 heterocycles. The second-order valence-electron chi connectivity index (χ2n) is 5.82. The van der Waals surface area contributed by atoms with E-state index in [9.17, 15) is 4.79 Å². The minimum absolute atomic E-state index is 0.0962. The second kappa shape index (κ2) is 8.04. The molecule has 1 aliphatic rings. The van der Waals surface area contributed by atoms with Crippen molar-refractivity contribution in [1.29, 1.82) is 0 Å². The molecule has 0 bridgehead atoms. The Kier molecular flexibility index (Phi) is 6.08. The fraction of sp³-hybridized carbons (Fsp3) is 0.526. The van der Waals surface area contributed by atoms with Gasteiger partial charge in [0.05, 0.1) is 21.3 Å². The highest BCUT2D eigenvalue weighted by Gasteiger charge is 2.29. The molecule has 1 atom stereocenters. The van der Waals surface area contributed by atoms with Gasteiger partial charge in [-0.15, -0.1) is 6.58 Å². The maximum atomic E-state index is 12.6. The number of allylic oxidation sites excluding steroid dienone is 1. The van der Waals surface area contributed by atoms with Crippen molar-refractivity contribution in [3.8, 4) is 17.2 Å². The zero-order chi connectivity index (χ0) is 16.8. The highest BCUT2D eigenvalue weighted by molar-refractivity contribution is 5.87. The van der Waals surface area contributed by atoms with E-state index in [1.165, 1.54) is 0 Å². The molecule has 0 radical (unpaired) electrons. The summed E-state index contributed by atoms with van der Waals surface area (Å²) >= 11 is 0. The normalized spacial score (nSPS) is 18.2. The van der Waals surface area contributed by atoms with Gasteiger partial charge in [0, 0.05) is 17.9 Å². The summed E-state index contributed by atoms with van der Waals surface area (Å²) in [5, 5.41) is 0. The Balaban J connectivity index is 2.64. The summed E-state index contributed by atoms with van der Waals surface area (Å²) in [5.74, 6) is 2.02. The first kappa shape index (κ1) is 17.4. The predicted octanol–water partition coefficient (Wildman–Crippen LogP) is 4.06. The summed E-state index contributed by atoms with van der Waals surface area (Å²) < 4.78 is 16.5. The van der Waals surface area contributed by atoms with Crippen LogP contribution in [-0.4, -0.2) is 27.1 Å². The average Bonchev–Trinajstić information content (AvgIpc) is 2.78. The van der Waals surface area contributed by atoms with Crippen molar-refractivity contribution in [2.24, 2.45) is 0 Å². The molecule has 126 valence electrons. The van der Waals surface area contributed by atoms with E-state index in [-0.39, 0.29) is 5.92 Å². The van der Waals surface area contributed by atoms with E-state index in [1.54, 1.807) is 21.3 Å². The maximum Gasteiger partial charge on any atom is 0.203 e. The van der Waals surface area contributed by atoms with Crippen LogP contribution >= 0.6 is 0 Å². The lowest BCUT2D eigenvalue weighted by Gasteiger charge is -2.23. The lowest BCUT2D eigenvalue weighted by molar-refractivity contribution is -0.120. The quantitative estimate of drug-likeness (QED) is 0.586. The Morgan fingerprint density at radius 1 is 1.13 bits per heavy atom. The smallest absolute Gasteiger partial charge is 0.203 e. The monoisotopic (exact) mass is 318 g/mol. The Morgan fingerprint density at radius 2 is 1.87 bits per heavy atom. The number of rotatable bonds is 6. The number of benzene rings is 1. The number of hydrogen-bond acceptors (Lipinski definition) is 4. The lowest BCUT2D eigenvalue weighted by atomic mass is 9.85. The number of ether oxygens (including phenoxy) is 3. The van der Waals surface area contributed by atoms with Crippen LogP contribution in [0.3, 0.4) is 0 Å². The average molecular weight is 318 g/mol. The first-order valence-corrected chi connectivity index (χ1v) is 8.13. The highest BCUT2D eigenvalue weighted by atomic mass is 16.5. The largest absolute Gasteiger partial charge is 0.493 e. The molecule has 4 heteroatoms. The van der Waals surface area contributed by atoms with Gasteiger partial charge in [0.25, 0.3) is 0 Å². The summed E-state index contributed by atoms with van der Waals surface area (Å²) in [6.07, 6.45) is 7.15. The molecule has 1 unspecified atom stereocenters. The van der Waals surface area contributed by atoms with E-state index in [0.717, 1.165) is 36.8 Å². The van der Waals surface area contributed by atoms with Crippen molar-refractivity contribution in [3.63, 3.8) is 0 Å². The third-order valence-corrected chi connectivity index (χ3v) is 4.50. The first-order valence-electron chi connectivity index (χ1n) is 8.13. The number of carbonyl (C=O) groups is 1. The van der Waals surface area contributed by atoms with Crippen LogP contribution in [0.15, 0.2) is 18.7 Å². The topological polar surface area (TPSA) is 44.8 Å². The van der Waals surface area contributed by atoms with Crippen LogP contribution in [0.2, 0.25) is 0 Å². The van der Waals surface area contributed by atoms with Crippen molar-refractivity contribution < 1.29 is 19.0 Å². The minimum Gasteiger partial charge on any atom is -0.493 e. The van der Waals surface area contributed by atoms with Crippen molar-refractivity contribution in [2.75, 3.05) is 21.3 Å². The van der Waals surface area contributed by atoms with E-state index < -0.39 is 0 Å². The summed E-state index contributed by atoms with van der Waals surface area (Å²) in [7, 11) is 4.81. The van der Waals surface area contributed by atoms with Gasteiger partial charge in [-0.3, -0.25) is 4.79 Å². The van der Waals surface area contributed by atoms with Gasteiger partial charge >= 0.3 is 0 Å². The molecule has 23 heavy (non-hydrogen) atoms. The molecule has 0 amide bonds. The number of hydrogen-bond donors (Lipinski definition) is 0. The SMILES string of the molecule is C=CCc1c(C2CCCCCC2=O)cc(OC)c(OC)c1OC. The summed E-state index contributed by atoms with van der Waals surface area (Å²) in [5.41, 5.74) is 1.96. The number of carbonyl (C=O) groups excluding carboxylic acids is 1. The van der Waals surface area contributed by atoms with E-state index in [4.69, 9.17) is 14.2 Å². The molecule has 1 fully saturated rings. The Bertz CT molecular complexity index is 577. The van der Waals surface area contributed by atoms with Gasteiger partial charge < -0.3 is 14.2 Å². The van der Waals surface area contributed by atoms with Crippen LogP contribution in [0.5, 0.6) is 17.2 Å². The molecule has 0 aliphatic heterocycles. The first-order chi connectivity index (χ1) is 11.2. The fourth-order valence-corrected chi connectivity index (χ4v) is 3.39. The minimum atomic E-state index is -0.0962. The van der Waals surface area contributed by atoms with E-state index >= 15 is 0 Å². The van der Waals surface area contributed by atoms with Crippen LogP contribution in [0.4, 0.5) is 0 Å². The van der Waals surface area contributed by atoms with Crippen molar-refractivity contribution in [2.45, 2.75) is 44.4 Å². The second-order valence-corrected chi connectivity index (χ2v) is 5.82. The molecule has 0 spiro atoms. The summed E-state index contributed by atoms with van der Waals surface area (Å²) in [6.45, 7) is 3.84. The zero-order valence-corrected chi connectivity index (χ0v) is 14.3. The summed E-state index contributed by atoms with van der Waals surface area (Å²) in [4.78, 5) is 12.6. The van der Waals surface area contributed by atoms with Gasteiger partial charge in [0.2, 0.25) is 5.75 Å². The standard InChI is InChI=1S/C19H26O4/c1-5-9-14-15(13-10-7-6-8-11-16(13)20)12-17(21-2)19(23-4)18(14)22-3/h5,12-13H,1,6-11H2,2-4H3. The van der Waals surface area contributed by atoms with Crippen LogP contribution < -0.4 is 14.2 Å². The Morgan fingerprint density at radius 3 is 2.48 bits per heavy atom. The van der Waals surface area contributed by atoms with Crippen LogP contribution in [0.25, 0.3) is 0 Å². The molecular formula is C19H26O4. The third kappa shape index (κ3) is 3.52.